The van der Waals surface area contributed by atoms with Crippen LogP contribution >= 0.6 is 11.8 Å². The van der Waals surface area contributed by atoms with Crippen LogP contribution in [0.1, 0.15) is 6.42 Å². The molecule has 2 saturated heterocycles. The lowest BCUT2D eigenvalue weighted by molar-refractivity contribution is 0.177. The minimum absolute atomic E-state index is 0.151. The molecule has 1 unspecified atom stereocenters. The third-order valence-corrected chi connectivity index (χ3v) is 6.35. The van der Waals surface area contributed by atoms with Crippen LogP contribution in [-0.2, 0) is 10.2 Å². The first-order valence-corrected chi connectivity index (χ1v) is 10.3. The predicted molar refractivity (Wildman–Crippen MR) is 93.1 cm³/mol. The summed E-state index contributed by atoms with van der Waals surface area (Å²) in [7, 11) is -1.58. The average molecular weight is 423 g/mol. The van der Waals surface area contributed by atoms with E-state index in [1.54, 1.807) is 4.90 Å². The van der Waals surface area contributed by atoms with Gasteiger partial charge < -0.3 is 9.47 Å². The summed E-state index contributed by atoms with van der Waals surface area (Å²) in [4.78, 5) is 25.9. The van der Waals surface area contributed by atoms with Crippen LogP contribution in [-0.4, -0.2) is 83.9 Å². The number of rotatable bonds is 7. The Morgan fingerprint density at radius 2 is 1.93 bits per heavy atom. The summed E-state index contributed by atoms with van der Waals surface area (Å²) in [5.41, 5.74) is -0.755. The number of nitrogens with one attached hydrogen (secondary N) is 1. The molecular formula is C12H18FN7O5S2. The molecule has 150 valence electrons. The average Bonchev–Trinajstić information content (AvgIpc) is 3.19. The third kappa shape index (κ3) is 3.85. The zero-order chi connectivity index (χ0) is 19.6. The van der Waals surface area contributed by atoms with Crippen molar-refractivity contribution in [3.8, 4) is 12.0 Å². The number of hydrogen-bond acceptors (Lipinski definition) is 10. The van der Waals surface area contributed by atoms with E-state index in [1.165, 1.54) is 26.0 Å². The topological polar surface area (TPSA) is 130 Å². The molecule has 1 atom stereocenters. The summed E-state index contributed by atoms with van der Waals surface area (Å²) in [6.07, 6.45) is 0.250. The summed E-state index contributed by atoms with van der Waals surface area (Å²) < 4.78 is 50.4. The molecule has 0 saturated carbocycles. The Hall–Kier alpha value is -1.97. The highest BCUT2D eigenvalue weighted by atomic mass is 32.2. The Balaban J connectivity index is 2.01. The fourth-order valence-corrected chi connectivity index (χ4v) is 5.43. The van der Waals surface area contributed by atoms with Gasteiger partial charge in [-0.2, -0.15) is 23.4 Å². The van der Waals surface area contributed by atoms with Crippen molar-refractivity contribution in [2.45, 2.75) is 11.9 Å². The van der Waals surface area contributed by atoms with E-state index in [4.69, 9.17) is 9.47 Å². The molecule has 0 radical (unpaired) electrons. The Morgan fingerprint density at radius 1 is 1.26 bits per heavy atom. The number of methoxy groups -OCH3 is 2. The van der Waals surface area contributed by atoms with Gasteiger partial charge in [-0.15, -0.1) is 16.7 Å². The Kier molecular flexibility index (Phi) is 5.83. The van der Waals surface area contributed by atoms with E-state index in [0.717, 1.165) is 9.42 Å². The van der Waals surface area contributed by atoms with Crippen LogP contribution in [0.4, 0.5) is 15.1 Å². The fraction of sp³-hybridized carbons (Fsp3) is 0.667. The Morgan fingerprint density at radius 3 is 2.52 bits per heavy atom. The summed E-state index contributed by atoms with van der Waals surface area (Å²) in [5, 5.41) is 0.785. The third-order valence-electron chi connectivity index (χ3n) is 3.71. The lowest BCUT2D eigenvalue weighted by atomic mass is 10.4. The van der Waals surface area contributed by atoms with Gasteiger partial charge in [0.05, 0.1) is 20.9 Å². The highest BCUT2D eigenvalue weighted by molar-refractivity contribution is 8.00. The summed E-state index contributed by atoms with van der Waals surface area (Å²) in [6.45, 7) is 0.364. The van der Waals surface area contributed by atoms with E-state index in [9.17, 15) is 17.6 Å². The van der Waals surface area contributed by atoms with Crippen LogP contribution in [0.3, 0.4) is 0 Å². The van der Waals surface area contributed by atoms with Crippen molar-refractivity contribution >= 4 is 34.0 Å². The number of carbonyl (C=O) groups is 1. The second kappa shape index (κ2) is 7.95. The Labute approximate surface area is 159 Å². The van der Waals surface area contributed by atoms with Crippen molar-refractivity contribution in [1.82, 2.24) is 29.0 Å². The molecule has 0 spiro atoms. The van der Waals surface area contributed by atoms with Gasteiger partial charge in [-0.25, -0.2) is 9.52 Å². The predicted octanol–water partition coefficient (Wildman–Crippen LogP) is -0.428. The van der Waals surface area contributed by atoms with Gasteiger partial charge in [0.2, 0.25) is 0 Å². The molecule has 27 heavy (non-hydrogen) atoms. The number of urea groups is 1. The molecule has 15 heteroatoms. The molecule has 2 fully saturated rings. The van der Waals surface area contributed by atoms with Crippen molar-refractivity contribution < 1.29 is 27.1 Å². The second-order valence-corrected chi connectivity index (χ2v) is 8.07. The number of alkyl halides is 1. The van der Waals surface area contributed by atoms with Crippen molar-refractivity contribution in [3.05, 3.63) is 0 Å². The minimum atomic E-state index is -4.19. The number of amides is 2. The van der Waals surface area contributed by atoms with Crippen molar-refractivity contribution in [2.24, 2.45) is 0 Å². The van der Waals surface area contributed by atoms with E-state index in [0.29, 0.717) is 18.8 Å². The number of carbonyl (C=O) groups excluding carboxylic acids is 1. The van der Waals surface area contributed by atoms with E-state index in [-0.39, 0.29) is 24.4 Å². The molecule has 1 aromatic heterocycles. The molecule has 3 heterocycles. The maximum absolute atomic E-state index is 12.6. The van der Waals surface area contributed by atoms with E-state index < -0.39 is 28.4 Å². The SMILES string of the molecule is COc1nc(OC)nc(N2C(=O)NS(=O)(=O)N2C2SCCN2CCCF)n1. The van der Waals surface area contributed by atoms with Gasteiger partial charge >= 0.3 is 28.3 Å². The standard InChI is InChI=1S/C12H18FN7O5S2/c1-24-9-14-8(15-10(16-9)25-2)19-11(21)17-27(22,23)20(19)12-18(5-3-4-13)6-7-26-12/h12H,3-7H2,1-2H3,(H,17,21). The number of ether oxygens (including phenoxy) is 2. The quantitative estimate of drug-likeness (QED) is 0.616. The molecule has 1 N–H and O–H groups in total. The number of aromatic nitrogens is 3. The van der Waals surface area contributed by atoms with Gasteiger partial charge in [0.15, 0.2) is 0 Å². The van der Waals surface area contributed by atoms with Gasteiger partial charge in [-0.05, 0) is 6.42 Å². The van der Waals surface area contributed by atoms with Gasteiger partial charge in [-0.3, -0.25) is 9.29 Å². The number of hydrogen-bond donors (Lipinski definition) is 1. The highest BCUT2D eigenvalue weighted by Gasteiger charge is 2.51. The molecule has 1 aromatic rings. The van der Waals surface area contributed by atoms with E-state index in [2.05, 4.69) is 15.0 Å². The lowest BCUT2D eigenvalue weighted by Crippen LogP contribution is -2.52. The van der Waals surface area contributed by atoms with Gasteiger partial charge in [0, 0.05) is 18.8 Å². The van der Waals surface area contributed by atoms with Crippen LogP contribution in [0.2, 0.25) is 0 Å². The summed E-state index contributed by atoms with van der Waals surface area (Å²) >= 11 is 1.30. The van der Waals surface area contributed by atoms with E-state index in [1.807, 2.05) is 4.72 Å². The van der Waals surface area contributed by atoms with Crippen LogP contribution in [0, 0.1) is 0 Å². The van der Waals surface area contributed by atoms with Crippen LogP contribution in [0.15, 0.2) is 0 Å². The monoisotopic (exact) mass is 423 g/mol. The molecule has 12 nitrogen and oxygen atoms in total. The zero-order valence-electron chi connectivity index (χ0n) is 14.5. The fourth-order valence-electron chi connectivity index (χ4n) is 2.58. The maximum Gasteiger partial charge on any atom is 0.355 e. The number of nitrogens with zero attached hydrogens (tertiary/aromatic N) is 6. The van der Waals surface area contributed by atoms with Crippen LogP contribution in [0.25, 0.3) is 0 Å². The Bertz CT molecular complexity index is 791. The summed E-state index contributed by atoms with van der Waals surface area (Å²) in [6, 6.07) is -1.26. The molecular weight excluding hydrogens is 405 g/mol. The first kappa shape index (κ1) is 19.8. The molecule has 2 aliphatic rings. The second-order valence-electron chi connectivity index (χ2n) is 5.38. The smallest absolute Gasteiger partial charge is 0.355 e. The number of halogens is 1. The number of thioether (sulfide) groups is 1. The lowest BCUT2D eigenvalue weighted by Gasteiger charge is -2.32. The molecule has 2 aliphatic heterocycles. The first-order valence-electron chi connectivity index (χ1n) is 7.83. The van der Waals surface area contributed by atoms with Gasteiger partial charge in [0.25, 0.3) is 5.95 Å². The maximum atomic E-state index is 12.6. The number of hydrazine groups is 1. The number of anilines is 1. The van der Waals surface area contributed by atoms with Crippen molar-refractivity contribution in [2.75, 3.05) is 44.7 Å². The van der Waals surface area contributed by atoms with Crippen molar-refractivity contribution in [1.29, 1.82) is 0 Å². The highest BCUT2D eigenvalue weighted by Crippen LogP contribution is 2.34. The zero-order valence-corrected chi connectivity index (χ0v) is 16.2. The molecule has 3 rings (SSSR count). The molecule has 0 aliphatic carbocycles. The molecule has 2 amide bonds. The van der Waals surface area contributed by atoms with Crippen LogP contribution in [0.5, 0.6) is 12.0 Å². The van der Waals surface area contributed by atoms with Crippen LogP contribution < -0.4 is 19.2 Å². The summed E-state index contributed by atoms with van der Waals surface area (Å²) in [5.74, 6) is 0.338. The minimum Gasteiger partial charge on any atom is -0.467 e. The van der Waals surface area contributed by atoms with Gasteiger partial charge in [0.1, 0.15) is 5.50 Å². The first-order chi connectivity index (χ1) is 12.9. The molecule has 0 aromatic carbocycles. The van der Waals surface area contributed by atoms with Crippen molar-refractivity contribution in [3.63, 3.8) is 0 Å². The van der Waals surface area contributed by atoms with Gasteiger partial charge in [-0.1, -0.05) is 4.41 Å². The largest absolute Gasteiger partial charge is 0.467 e. The van der Waals surface area contributed by atoms with E-state index >= 15 is 0 Å². The molecule has 0 bridgehead atoms. The normalized spacial score (nSPS) is 22.9.